The third-order valence-electron chi connectivity index (χ3n) is 5.24. The van der Waals surface area contributed by atoms with Gasteiger partial charge in [0.1, 0.15) is 12.3 Å². The zero-order valence-corrected chi connectivity index (χ0v) is 17.7. The molecule has 1 aromatic carbocycles. The molecule has 1 unspecified atom stereocenters. The molecule has 1 saturated heterocycles. The molecule has 1 aliphatic heterocycles. The SMILES string of the molecule is CC(C)N(CC(=O)N(Cc1ccco1)CC1CCCO1)C(=O)c1ccc([N+](=O)[O-])cc1. The van der Waals surface area contributed by atoms with Crippen molar-refractivity contribution >= 4 is 17.5 Å². The molecular weight excluding hydrogens is 402 g/mol. The first kappa shape index (κ1) is 22.5. The Morgan fingerprint density at radius 1 is 1.23 bits per heavy atom. The Labute approximate surface area is 180 Å². The van der Waals surface area contributed by atoms with Gasteiger partial charge in [-0.05, 0) is 51.0 Å². The summed E-state index contributed by atoms with van der Waals surface area (Å²) in [6, 6.07) is 8.73. The highest BCUT2D eigenvalue weighted by atomic mass is 16.6. The average molecular weight is 429 g/mol. The van der Waals surface area contributed by atoms with Crippen LogP contribution in [-0.2, 0) is 16.1 Å². The van der Waals surface area contributed by atoms with Crippen LogP contribution in [0, 0.1) is 10.1 Å². The predicted molar refractivity (Wildman–Crippen MR) is 112 cm³/mol. The van der Waals surface area contributed by atoms with E-state index in [9.17, 15) is 19.7 Å². The summed E-state index contributed by atoms with van der Waals surface area (Å²) in [7, 11) is 0. The number of ether oxygens (including phenoxy) is 1. The van der Waals surface area contributed by atoms with Crippen LogP contribution < -0.4 is 0 Å². The van der Waals surface area contributed by atoms with Crippen molar-refractivity contribution in [2.45, 2.75) is 45.4 Å². The molecule has 9 heteroatoms. The van der Waals surface area contributed by atoms with E-state index >= 15 is 0 Å². The highest BCUT2D eigenvalue weighted by Gasteiger charge is 2.28. The predicted octanol–water partition coefficient (Wildman–Crippen LogP) is 3.25. The second-order valence-corrected chi connectivity index (χ2v) is 7.82. The summed E-state index contributed by atoms with van der Waals surface area (Å²) < 4.78 is 11.1. The van der Waals surface area contributed by atoms with Crippen molar-refractivity contribution < 1.29 is 23.7 Å². The van der Waals surface area contributed by atoms with Crippen molar-refractivity contribution in [3.63, 3.8) is 0 Å². The van der Waals surface area contributed by atoms with E-state index in [1.54, 1.807) is 23.3 Å². The first-order chi connectivity index (χ1) is 14.8. The van der Waals surface area contributed by atoms with Gasteiger partial charge in [-0.1, -0.05) is 0 Å². The molecule has 2 amide bonds. The Morgan fingerprint density at radius 2 is 1.97 bits per heavy atom. The minimum atomic E-state index is -0.518. The first-order valence-corrected chi connectivity index (χ1v) is 10.3. The normalized spacial score (nSPS) is 15.8. The molecule has 9 nitrogen and oxygen atoms in total. The highest BCUT2D eigenvalue weighted by Crippen LogP contribution is 2.18. The fourth-order valence-corrected chi connectivity index (χ4v) is 3.51. The number of furan rings is 1. The van der Waals surface area contributed by atoms with E-state index in [4.69, 9.17) is 9.15 Å². The minimum Gasteiger partial charge on any atom is -0.467 e. The number of non-ortho nitro benzene ring substituents is 1. The van der Waals surface area contributed by atoms with Gasteiger partial charge in [0.05, 0.1) is 23.8 Å². The molecule has 1 fully saturated rings. The monoisotopic (exact) mass is 429 g/mol. The Morgan fingerprint density at radius 3 is 2.52 bits per heavy atom. The van der Waals surface area contributed by atoms with Crippen LogP contribution in [0.2, 0.25) is 0 Å². The Balaban J connectivity index is 1.74. The van der Waals surface area contributed by atoms with Crippen molar-refractivity contribution in [3.05, 3.63) is 64.1 Å². The average Bonchev–Trinajstić information content (AvgIpc) is 3.45. The molecule has 0 aliphatic carbocycles. The molecule has 2 heterocycles. The number of nitro groups is 1. The summed E-state index contributed by atoms with van der Waals surface area (Å²) in [5.74, 6) is 0.0910. The molecule has 1 aliphatic rings. The Hall–Kier alpha value is -3.20. The molecule has 2 aromatic rings. The van der Waals surface area contributed by atoms with Gasteiger partial charge in [-0.25, -0.2) is 0 Å². The van der Waals surface area contributed by atoms with Crippen molar-refractivity contribution in [1.82, 2.24) is 9.80 Å². The number of hydrogen-bond acceptors (Lipinski definition) is 6. The summed E-state index contributed by atoms with van der Waals surface area (Å²) in [4.78, 5) is 39.7. The summed E-state index contributed by atoms with van der Waals surface area (Å²) >= 11 is 0. The maximum atomic E-state index is 13.2. The maximum absolute atomic E-state index is 13.2. The smallest absolute Gasteiger partial charge is 0.269 e. The van der Waals surface area contributed by atoms with Gasteiger partial charge in [0, 0.05) is 36.9 Å². The molecule has 0 saturated carbocycles. The van der Waals surface area contributed by atoms with Crippen LogP contribution in [0.1, 0.15) is 42.8 Å². The number of carbonyl (C=O) groups is 2. The topological polar surface area (TPSA) is 106 Å². The first-order valence-electron chi connectivity index (χ1n) is 10.3. The number of benzene rings is 1. The lowest BCUT2D eigenvalue weighted by molar-refractivity contribution is -0.384. The molecule has 0 bridgehead atoms. The molecule has 1 aromatic heterocycles. The van der Waals surface area contributed by atoms with Gasteiger partial charge >= 0.3 is 0 Å². The van der Waals surface area contributed by atoms with E-state index in [-0.39, 0.29) is 36.2 Å². The summed E-state index contributed by atoms with van der Waals surface area (Å²) in [6.07, 6.45) is 3.38. The third kappa shape index (κ3) is 5.91. The second kappa shape index (κ2) is 10.2. The molecule has 3 rings (SSSR count). The molecule has 0 N–H and O–H groups in total. The van der Waals surface area contributed by atoms with Gasteiger partial charge in [0.2, 0.25) is 5.91 Å². The number of nitro benzene ring substituents is 1. The van der Waals surface area contributed by atoms with Crippen LogP contribution in [0.15, 0.2) is 47.1 Å². The molecule has 31 heavy (non-hydrogen) atoms. The second-order valence-electron chi connectivity index (χ2n) is 7.82. The van der Waals surface area contributed by atoms with Crippen LogP contribution in [-0.4, -0.2) is 58.4 Å². The van der Waals surface area contributed by atoms with E-state index in [1.165, 1.54) is 29.2 Å². The lowest BCUT2D eigenvalue weighted by Crippen LogP contribution is -2.47. The van der Waals surface area contributed by atoms with Gasteiger partial charge in [0.25, 0.3) is 11.6 Å². The molecule has 1 atom stereocenters. The zero-order valence-electron chi connectivity index (χ0n) is 17.7. The fraction of sp³-hybridized carbons (Fsp3) is 0.455. The van der Waals surface area contributed by atoms with Gasteiger partial charge < -0.3 is 19.0 Å². The zero-order chi connectivity index (χ0) is 22.4. The highest BCUT2D eigenvalue weighted by molar-refractivity contribution is 5.96. The van der Waals surface area contributed by atoms with Gasteiger partial charge in [-0.15, -0.1) is 0 Å². The van der Waals surface area contributed by atoms with E-state index in [0.29, 0.717) is 31.0 Å². The van der Waals surface area contributed by atoms with Gasteiger partial charge in [-0.2, -0.15) is 0 Å². The van der Waals surface area contributed by atoms with Gasteiger partial charge in [0.15, 0.2) is 0 Å². The van der Waals surface area contributed by atoms with Crippen LogP contribution in [0.4, 0.5) is 5.69 Å². The van der Waals surface area contributed by atoms with Crippen LogP contribution in [0.25, 0.3) is 0 Å². The van der Waals surface area contributed by atoms with Crippen LogP contribution >= 0.6 is 0 Å². The van der Waals surface area contributed by atoms with Crippen molar-refractivity contribution in [3.8, 4) is 0 Å². The summed E-state index contributed by atoms with van der Waals surface area (Å²) in [5, 5.41) is 10.9. The number of amides is 2. The molecular formula is C22H27N3O6. The van der Waals surface area contributed by atoms with E-state index in [0.717, 1.165) is 12.8 Å². The number of hydrogen-bond donors (Lipinski definition) is 0. The van der Waals surface area contributed by atoms with Crippen molar-refractivity contribution in [1.29, 1.82) is 0 Å². The number of nitrogens with zero attached hydrogens (tertiary/aromatic N) is 3. The number of rotatable bonds is 9. The Kier molecular flexibility index (Phi) is 7.41. The van der Waals surface area contributed by atoms with Crippen molar-refractivity contribution in [2.75, 3.05) is 19.7 Å². The van der Waals surface area contributed by atoms with Gasteiger partial charge in [-0.3, -0.25) is 19.7 Å². The van der Waals surface area contributed by atoms with Crippen molar-refractivity contribution in [2.24, 2.45) is 0 Å². The van der Waals surface area contributed by atoms with Crippen LogP contribution in [0.3, 0.4) is 0 Å². The summed E-state index contributed by atoms with van der Waals surface area (Å²) in [6.45, 7) is 4.95. The van der Waals surface area contributed by atoms with Crippen LogP contribution in [0.5, 0.6) is 0 Å². The third-order valence-corrected chi connectivity index (χ3v) is 5.24. The minimum absolute atomic E-state index is 0.0308. The Bertz CT molecular complexity index is 888. The molecule has 166 valence electrons. The fourth-order valence-electron chi connectivity index (χ4n) is 3.51. The van der Waals surface area contributed by atoms with E-state index in [1.807, 2.05) is 13.8 Å². The largest absolute Gasteiger partial charge is 0.467 e. The number of carbonyl (C=O) groups excluding carboxylic acids is 2. The molecule has 0 spiro atoms. The van der Waals surface area contributed by atoms with E-state index in [2.05, 4.69) is 0 Å². The van der Waals surface area contributed by atoms with E-state index < -0.39 is 4.92 Å². The maximum Gasteiger partial charge on any atom is 0.269 e. The quantitative estimate of drug-likeness (QED) is 0.447. The lowest BCUT2D eigenvalue weighted by atomic mass is 10.1. The standard InChI is InChI=1S/C22H27N3O6/c1-16(2)24(22(27)17-7-9-18(10-8-17)25(28)29)15-21(26)23(13-19-5-3-11-30-19)14-20-6-4-12-31-20/h3,5,7-11,16,20H,4,6,12-15H2,1-2H3. The lowest BCUT2D eigenvalue weighted by Gasteiger charge is -2.31. The summed E-state index contributed by atoms with van der Waals surface area (Å²) in [5.41, 5.74) is 0.203. The molecule has 0 radical (unpaired) electrons.